The van der Waals surface area contributed by atoms with E-state index in [1.165, 1.54) is 0 Å². The van der Waals surface area contributed by atoms with Crippen LogP contribution < -0.4 is 15.5 Å². The van der Waals surface area contributed by atoms with Gasteiger partial charge < -0.3 is 10.6 Å². The van der Waals surface area contributed by atoms with Crippen LogP contribution in [0, 0.1) is 0 Å². The Bertz CT molecular complexity index is 1340. The number of carbonyl (C=O) groups excluding carboxylic acids is 2. The quantitative estimate of drug-likeness (QED) is 0.494. The number of H-pyrrole nitrogens is 1. The molecule has 2 aromatic carbocycles. The highest BCUT2D eigenvalue weighted by atomic mass is 16.2. The fraction of sp³-hybridized carbons (Fsp3) is 0.0909. The van der Waals surface area contributed by atoms with Gasteiger partial charge >= 0.3 is 0 Å². The second kappa shape index (κ2) is 6.15. The summed E-state index contributed by atoms with van der Waals surface area (Å²) >= 11 is 0. The minimum Gasteiger partial charge on any atom is -0.340 e. The Morgan fingerprint density at radius 3 is 3.03 bits per heavy atom. The van der Waals surface area contributed by atoms with Gasteiger partial charge in [0.2, 0.25) is 5.91 Å². The number of rotatable bonds is 3. The predicted molar refractivity (Wildman–Crippen MR) is 111 cm³/mol. The fourth-order valence-electron chi connectivity index (χ4n) is 4.15. The highest BCUT2D eigenvalue weighted by Gasteiger charge is 2.39. The predicted octanol–water partition coefficient (Wildman–Crippen LogP) is 3.03. The Hall–Kier alpha value is -4.20. The van der Waals surface area contributed by atoms with E-state index >= 15 is 0 Å². The number of benzene rings is 2. The molecule has 2 amide bonds. The van der Waals surface area contributed by atoms with E-state index in [1.807, 2.05) is 36.4 Å². The molecule has 1 atom stereocenters. The summed E-state index contributed by atoms with van der Waals surface area (Å²) in [5.74, 6) is 0.131. The number of aromatic amines is 1. The maximum Gasteiger partial charge on any atom is 0.264 e. The summed E-state index contributed by atoms with van der Waals surface area (Å²) in [6.07, 6.45) is 3.25. The highest BCUT2D eigenvalue weighted by Crippen LogP contribution is 2.40. The minimum absolute atomic E-state index is 0.0878. The molecular formula is C22H16N6O2. The summed E-state index contributed by atoms with van der Waals surface area (Å²) in [5.41, 5.74) is 4.79. The van der Waals surface area contributed by atoms with E-state index in [9.17, 15) is 9.59 Å². The molecule has 0 saturated heterocycles. The van der Waals surface area contributed by atoms with Crippen LogP contribution in [0.5, 0.6) is 0 Å². The van der Waals surface area contributed by atoms with Crippen LogP contribution in [0.15, 0.2) is 60.9 Å². The van der Waals surface area contributed by atoms with Gasteiger partial charge in [-0.25, -0.2) is 4.98 Å². The minimum atomic E-state index is -0.479. The van der Waals surface area contributed by atoms with Crippen molar-refractivity contribution in [3.05, 3.63) is 77.6 Å². The zero-order chi connectivity index (χ0) is 20.2. The van der Waals surface area contributed by atoms with Gasteiger partial charge in [0.15, 0.2) is 0 Å². The molecule has 2 aliphatic heterocycles. The summed E-state index contributed by atoms with van der Waals surface area (Å²) < 4.78 is 0. The smallest absolute Gasteiger partial charge is 0.264 e. The van der Waals surface area contributed by atoms with Gasteiger partial charge in [-0.3, -0.25) is 19.6 Å². The zero-order valence-corrected chi connectivity index (χ0v) is 15.7. The van der Waals surface area contributed by atoms with Crippen molar-refractivity contribution in [2.24, 2.45) is 0 Å². The first kappa shape index (κ1) is 16.7. The molecule has 0 aliphatic carbocycles. The van der Waals surface area contributed by atoms with E-state index in [0.717, 1.165) is 33.4 Å². The molecule has 2 aromatic heterocycles. The van der Waals surface area contributed by atoms with E-state index in [0.29, 0.717) is 17.8 Å². The van der Waals surface area contributed by atoms with Gasteiger partial charge in [-0.1, -0.05) is 6.07 Å². The molecule has 1 unspecified atom stereocenters. The Balaban J connectivity index is 1.36. The lowest BCUT2D eigenvalue weighted by Gasteiger charge is -2.30. The average molecular weight is 396 g/mol. The lowest BCUT2D eigenvalue weighted by atomic mass is 10.0. The van der Waals surface area contributed by atoms with Gasteiger partial charge in [-0.15, -0.1) is 0 Å². The summed E-state index contributed by atoms with van der Waals surface area (Å²) in [7, 11) is 0. The van der Waals surface area contributed by atoms with Crippen LogP contribution in [0.1, 0.15) is 27.7 Å². The van der Waals surface area contributed by atoms with E-state index in [2.05, 4.69) is 25.8 Å². The van der Waals surface area contributed by atoms with Crippen molar-refractivity contribution in [2.45, 2.75) is 12.6 Å². The molecule has 6 rings (SSSR count). The number of nitrogens with one attached hydrogen (secondary N) is 3. The Morgan fingerprint density at radius 1 is 1.17 bits per heavy atom. The van der Waals surface area contributed by atoms with Crippen molar-refractivity contribution in [2.75, 3.05) is 10.2 Å². The van der Waals surface area contributed by atoms with Crippen molar-refractivity contribution >= 4 is 39.9 Å². The SMILES string of the molecule is O=C1Cc2ccc3cc2C(N1)N3C(=O)c1cccnc1Nc1ccc2cn[nH]c2c1. The standard InChI is InChI=1S/C22H16N6O2/c29-19-8-12-4-6-15-10-17(12)21(26-19)28(15)22(30)16-2-1-7-23-20(16)25-14-5-3-13-11-24-27-18(13)9-14/h1-7,9-11,21H,8H2,(H,23,25)(H,24,27)(H,26,29). The lowest BCUT2D eigenvalue weighted by molar-refractivity contribution is -0.121. The third-order valence-corrected chi connectivity index (χ3v) is 5.57. The molecule has 0 saturated carbocycles. The number of anilines is 3. The summed E-state index contributed by atoms with van der Waals surface area (Å²) in [4.78, 5) is 31.7. The molecule has 0 radical (unpaired) electrons. The Morgan fingerprint density at radius 2 is 2.10 bits per heavy atom. The molecule has 8 nitrogen and oxygen atoms in total. The van der Waals surface area contributed by atoms with Crippen LogP contribution in [0.4, 0.5) is 17.2 Å². The number of nitrogens with zero attached hydrogens (tertiary/aromatic N) is 3. The molecule has 30 heavy (non-hydrogen) atoms. The second-order valence-corrected chi connectivity index (χ2v) is 7.40. The van der Waals surface area contributed by atoms with Gasteiger partial charge in [0.05, 0.1) is 23.7 Å². The van der Waals surface area contributed by atoms with Crippen LogP contribution in [-0.2, 0) is 11.2 Å². The van der Waals surface area contributed by atoms with E-state index in [-0.39, 0.29) is 11.8 Å². The largest absolute Gasteiger partial charge is 0.340 e. The highest BCUT2D eigenvalue weighted by molar-refractivity contribution is 6.11. The summed E-state index contributed by atoms with van der Waals surface area (Å²) in [6.45, 7) is 0. The third kappa shape index (κ3) is 2.47. The van der Waals surface area contributed by atoms with Gasteiger partial charge in [-0.05, 0) is 48.0 Å². The van der Waals surface area contributed by atoms with Gasteiger partial charge in [0.25, 0.3) is 5.91 Å². The monoisotopic (exact) mass is 396 g/mol. The molecule has 146 valence electrons. The van der Waals surface area contributed by atoms with Gasteiger partial charge in [-0.2, -0.15) is 5.10 Å². The number of carbonyl (C=O) groups is 2. The van der Waals surface area contributed by atoms with Crippen molar-refractivity contribution in [3.63, 3.8) is 0 Å². The second-order valence-electron chi connectivity index (χ2n) is 7.40. The van der Waals surface area contributed by atoms with Crippen LogP contribution in [0.2, 0.25) is 0 Å². The van der Waals surface area contributed by atoms with Crippen LogP contribution >= 0.6 is 0 Å². The first-order valence-corrected chi connectivity index (χ1v) is 9.58. The van der Waals surface area contributed by atoms with E-state index in [1.54, 1.807) is 29.4 Å². The maximum absolute atomic E-state index is 13.6. The number of hydrogen-bond donors (Lipinski definition) is 3. The van der Waals surface area contributed by atoms with Crippen molar-refractivity contribution < 1.29 is 9.59 Å². The van der Waals surface area contributed by atoms with Crippen molar-refractivity contribution in [1.82, 2.24) is 20.5 Å². The van der Waals surface area contributed by atoms with Crippen LogP contribution in [0.3, 0.4) is 0 Å². The van der Waals surface area contributed by atoms with Crippen LogP contribution in [-0.4, -0.2) is 27.0 Å². The van der Waals surface area contributed by atoms with E-state index in [4.69, 9.17) is 0 Å². The zero-order valence-electron chi connectivity index (χ0n) is 15.7. The fourth-order valence-corrected chi connectivity index (χ4v) is 4.15. The summed E-state index contributed by atoms with van der Waals surface area (Å²) in [6, 6.07) is 15.0. The number of hydrogen-bond acceptors (Lipinski definition) is 5. The average Bonchev–Trinajstić information content (AvgIpc) is 3.34. The van der Waals surface area contributed by atoms with Crippen molar-refractivity contribution in [3.8, 4) is 0 Å². The molecule has 0 spiro atoms. The molecule has 2 aliphatic rings. The Labute approximate surface area is 170 Å². The molecule has 8 heteroatoms. The third-order valence-electron chi connectivity index (χ3n) is 5.57. The Kier molecular flexibility index (Phi) is 3.43. The molecule has 0 fully saturated rings. The molecule has 3 N–H and O–H groups in total. The van der Waals surface area contributed by atoms with E-state index < -0.39 is 6.17 Å². The normalized spacial score (nSPS) is 16.6. The number of pyridine rings is 1. The lowest BCUT2D eigenvalue weighted by Crippen LogP contribution is -2.45. The van der Waals surface area contributed by atoms with Gasteiger partial charge in [0.1, 0.15) is 12.0 Å². The molecule has 4 heterocycles. The first-order valence-electron chi connectivity index (χ1n) is 9.58. The van der Waals surface area contributed by atoms with Gasteiger partial charge in [0, 0.05) is 28.5 Å². The van der Waals surface area contributed by atoms with Crippen molar-refractivity contribution in [1.29, 1.82) is 0 Å². The number of aromatic nitrogens is 3. The molecular weight excluding hydrogens is 380 g/mol. The molecule has 2 bridgehead atoms. The maximum atomic E-state index is 13.6. The molecule has 4 aromatic rings. The van der Waals surface area contributed by atoms with Crippen LogP contribution in [0.25, 0.3) is 10.9 Å². The topological polar surface area (TPSA) is 103 Å². The number of amides is 2. The summed E-state index contributed by atoms with van der Waals surface area (Å²) in [5, 5.41) is 14.1. The number of fused-ring (bicyclic) bond motifs is 2. The first-order chi connectivity index (χ1) is 14.7.